The first-order chi connectivity index (χ1) is 19.0. The van der Waals surface area contributed by atoms with Crippen molar-refractivity contribution in [1.29, 1.82) is 0 Å². The number of non-ortho nitro benzene ring substituents is 1. The number of rotatable bonds is 4. The summed E-state index contributed by atoms with van der Waals surface area (Å²) in [5, 5.41) is 21.6. The minimum absolute atomic E-state index is 0.0744. The highest BCUT2D eigenvalue weighted by molar-refractivity contribution is 9.09. The highest BCUT2D eigenvalue weighted by Crippen LogP contribution is 2.65. The van der Waals surface area contributed by atoms with Crippen LogP contribution in [0.2, 0.25) is 0 Å². The molecule has 6 atom stereocenters. The van der Waals surface area contributed by atoms with Gasteiger partial charge in [0.25, 0.3) is 17.5 Å². The number of phenols is 1. The van der Waals surface area contributed by atoms with Crippen molar-refractivity contribution < 1.29 is 29.2 Å². The van der Waals surface area contributed by atoms with Crippen molar-refractivity contribution in [2.45, 2.75) is 28.5 Å². The number of nitro groups is 1. The van der Waals surface area contributed by atoms with Crippen LogP contribution in [-0.2, 0) is 19.2 Å². The van der Waals surface area contributed by atoms with E-state index in [1.54, 1.807) is 18.2 Å². The zero-order valence-electron chi connectivity index (χ0n) is 20.5. The molecule has 1 saturated carbocycles. The lowest BCUT2D eigenvalue weighted by atomic mass is 9.56. The van der Waals surface area contributed by atoms with Gasteiger partial charge in [-0.1, -0.05) is 45.8 Å². The predicted octanol–water partition coefficient (Wildman–Crippen LogP) is 4.22. The Kier molecular flexibility index (Phi) is 6.14. The molecule has 40 heavy (non-hydrogen) atoms. The summed E-state index contributed by atoms with van der Waals surface area (Å²) in [5.41, 5.74) is 0.668. The maximum atomic E-state index is 13.9. The molecule has 6 unspecified atom stereocenters. The van der Waals surface area contributed by atoms with Gasteiger partial charge in [0.05, 0.1) is 27.9 Å². The molecule has 13 heteroatoms. The van der Waals surface area contributed by atoms with Crippen LogP contribution in [0.4, 0.5) is 11.4 Å². The molecule has 10 nitrogen and oxygen atoms in total. The smallest absolute Gasteiger partial charge is 0.271 e. The third kappa shape index (κ3) is 3.40. The molecular formula is C27H20BrCl2N3O7. The van der Waals surface area contributed by atoms with Crippen LogP contribution >= 0.6 is 39.1 Å². The van der Waals surface area contributed by atoms with Crippen molar-refractivity contribution in [3.05, 3.63) is 75.9 Å². The molecule has 2 aromatic carbocycles. The first kappa shape index (κ1) is 26.9. The van der Waals surface area contributed by atoms with E-state index in [4.69, 9.17) is 23.2 Å². The average molecular weight is 649 g/mol. The normalized spacial score (nSPS) is 33.0. The fourth-order valence-corrected chi connectivity index (χ4v) is 8.26. The van der Waals surface area contributed by atoms with E-state index < -0.39 is 62.0 Å². The van der Waals surface area contributed by atoms with Gasteiger partial charge in [-0.3, -0.25) is 34.2 Å². The zero-order valence-corrected chi connectivity index (χ0v) is 23.6. The lowest BCUT2D eigenvalue weighted by Crippen LogP contribution is -2.60. The van der Waals surface area contributed by atoms with Gasteiger partial charge in [0, 0.05) is 18.1 Å². The van der Waals surface area contributed by atoms with Crippen molar-refractivity contribution in [2.75, 3.05) is 10.4 Å². The van der Waals surface area contributed by atoms with Crippen LogP contribution in [0.1, 0.15) is 24.3 Å². The molecule has 0 aromatic heterocycles. The van der Waals surface area contributed by atoms with E-state index in [-0.39, 0.29) is 35.4 Å². The molecular weight excluding hydrogens is 629 g/mol. The Morgan fingerprint density at radius 3 is 2.42 bits per heavy atom. The molecule has 2 aliphatic heterocycles. The third-order valence-electron chi connectivity index (χ3n) is 8.52. The number of alkyl halides is 3. The van der Waals surface area contributed by atoms with Crippen molar-refractivity contribution >= 4 is 74.1 Å². The van der Waals surface area contributed by atoms with Crippen LogP contribution in [0.5, 0.6) is 5.75 Å². The SMILES string of the molecule is O=C1C2CC=C3C(CC4(Cl)C(=O)N(CBr)C(=O)C4(Cl)C3c3cccc(O)c3)C2C(=O)N1c1cccc([N+](=O)[O-])c1. The minimum Gasteiger partial charge on any atom is -0.508 e. The van der Waals surface area contributed by atoms with Gasteiger partial charge in [-0.15, -0.1) is 23.2 Å². The lowest BCUT2D eigenvalue weighted by Gasteiger charge is -2.50. The number of hydrogen-bond acceptors (Lipinski definition) is 7. The van der Waals surface area contributed by atoms with Crippen LogP contribution in [0, 0.1) is 27.9 Å². The van der Waals surface area contributed by atoms with Crippen molar-refractivity contribution in [3.63, 3.8) is 0 Å². The van der Waals surface area contributed by atoms with Gasteiger partial charge in [-0.2, -0.15) is 0 Å². The Labute approximate surface area is 245 Å². The number of anilines is 1. The second-order valence-corrected chi connectivity index (χ2v) is 12.1. The fraction of sp³-hybridized carbons (Fsp3) is 0.333. The van der Waals surface area contributed by atoms with E-state index in [2.05, 4.69) is 15.9 Å². The Balaban J connectivity index is 1.50. The first-order valence-electron chi connectivity index (χ1n) is 12.4. The summed E-state index contributed by atoms with van der Waals surface area (Å²) in [5.74, 6) is -6.07. The Bertz CT molecular complexity index is 1570. The van der Waals surface area contributed by atoms with E-state index in [0.29, 0.717) is 11.1 Å². The van der Waals surface area contributed by atoms with Crippen LogP contribution in [-0.4, -0.2) is 53.8 Å². The van der Waals surface area contributed by atoms with E-state index in [1.807, 2.05) is 0 Å². The van der Waals surface area contributed by atoms with Crippen LogP contribution in [0.3, 0.4) is 0 Å². The third-order valence-corrected chi connectivity index (χ3v) is 10.4. The number of amides is 4. The number of likely N-dealkylation sites (tertiary alicyclic amines) is 1. The first-order valence-corrected chi connectivity index (χ1v) is 14.2. The second-order valence-electron chi connectivity index (χ2n) is 10.4. The average Bonchev–Trinajstić information content (AvgIpc) is 3.26. The molecule has 4 amide bonds. The number of aromatic hydroxyl groups is 1. The van der Waals surface area contributed by atoms with Crippen molar-refractivity contribution in [1.82, 2.24) is 4.90 Å². The van der Waals surface area contributed by atoms with Crippen LogP contribution in [0.25, 0.3) is 0 Å². The summed E-state index contributed by atoms with van der Waals surface area (Å²) >= 11 is 17.4. The monoisotopic (exact) mass is 647 g/mol. The maximum absolute atomic E-state index is 13.9. The van der Waals surface area contributed by atoms with Gasteiger partial charge >= 0.3 is 0 Å². The molecule has 3 fully saturated rings. The van der Waals surface area contributed by atoms with Gasteiger partial charge in [0.1, 0.15) is 5.75 Å². The topological polar surface area (TPSA) is 138 Å². The molecule has 1 N–H and O–H groups in total. The number of halogens is 3. The van der Waals surface area contributed by atoms with Gasteiger partial charge in [0.2, 0.25) is 11.8 Å². The fourth-order valence-electron chi connectivity index (χ4n) is 6.83. The number of carbonyl (C=O) groups is 4. The number of hydrogen-bond donors (Lipinski definition) is 1. The van der Waals surface area contributed by atoms with Gasteiger partial charge in [0.15, 0.2) is 9.75 Å². The Morgan fingerprint density at radius 2 is 1.75 bits per heavy atom. The minimum atomic E-state index is -1.96. The molecule has 0 radical (unpaired) electrons. The lowest BCUT2D eigenvalue weighted by molar-refractivity contribution is -0.384. The molecule has 6 rings (SSSR count). The van der Waals surface area contributed by atoms with E-state index in [1.165, 1.54) is 30.3 Å². The maximum Gasteiger partial charge on any atom is 0.271 e. The Morgan fingerprint density at radius 1 is 1.02 bits per heavy atom. The summed E-state index contributed by atoms with van der Waals surface area (Å²) in [6, 6.07) is 11.4. The van der Waals surface area contributed by atoms with Crippen molar-refractivity contribution in [3.8, 4) is 5.75 Å². The highest BCUT2D eigenvalue weighted by Gasteiger charge is 2.76. The molecule has 2 aromatic rings. The summed E-state index contributed by atoms with van der Waals surface area (Å²) in [6.45, 7) is 0. The van der Waals surface area contributed by atoms with Crippen molar-refractivity contribution in [2.24, 2.45) is 17.8 Å². The largest absolute Gasteiger partial charge is 0.508 e. The van der Waals surface area contributed by atoms with E-state index >= 15 is 0 Å². The van der Waals surface area contributed by atoms with E-state index in [9.17, 15) is 34.4 Å². The summed E-state index contributed by atoms with van der Waals surface area (Å²) < 4.78 is 0. The molecule has 4 aliphatic rings. The number of nitro benzene ring substituents is 1. The molecule has 2 saturated heterocycles. The summed E-state index contributed by atoms with van der Waals surface area (Å²) in [6.07, 6.45) is 1.74. The van der Waals surface area contributed by atoms with E-state index in [0.717, 1.165) is 15.9 Å². The number of carbonyl (C=O) groups excluding carboxylic acids is 4. The number of fused-ring (bicyclic) bond motifs is 4. The molecule has 0 spiro atoms. The highest BCUT2D eigenvalue weighted by atomic mass is 79.9. The number of allylic oxidation sites excluding steroid dienone is 2. The molecule has 206 valence electrons. The molecule has 2 aliphatic carbocycles. The number of benzene rings is 2. The second kappa shape index (κ2) is 9.12. The number of phenolic OH excluding ortho intramolecular Hbond substituents is 1. The van der Waals surface area contributed by atoms with Gasteiger partial charge in [-0.25, -0.2) is 4.90 Å². The standard InChI is InChI=1S/C27H20BrCl2N3O7/c28-12-31-24(37)26(29)11-19-17(21(27(26,30)25(31)38)13-3-1-6-16(34)9-13)7-8-18-20(19)23(36)32(22(18)35)14-4-2-5-15(10-14)33(39)40/h1-7,9-10,18-21,34H,8,11-12H2. The molecule has 2 heterocycles. The number of nitrogens with zero attached hydrogens (tertiary/aromatic N) is 3. The zero-order chi connectivity index (χ0) is 28.7. The molecule has 0 bridgehead atoms. The van der Waals surface area contributed by atoms with Crippen LogP contribution < -0.4 is 4.90 Å². The number of imide groups is 2. The summed E-state index contributed by atoms with van der Waals surface area (Å²) in [4.78, 5) is 63.5. The van der Waals surface area contributed by atoms with Gasteiger partial charge < -0.3 is 5.11 Å². The predicted molar refractivity (Wildman–Crippen MR) is 147 cm³/mol. The van der Waals surface area contributed by atoms with Crippen LogP contribution in [0.15, 0.2) is 60.2 Å². The van der Waals surface area contributed by atoms with Gasteiger partial charge in [-0.05, 0) is 42.5 Å². The summed E-state index contributed by atoms with van der Waals surface area (Å²) in [7, 11) is 0. The quantitative estimate of drug-likeness (QED) is 0.131. The Hall–Kier alpha value is -3.28.